The minimum Gasteiger partial charge on any atom is -0.463 e. The summed E-state index contributed by atoms with van der Waals surface area (Å²) in [6.45, 7) is 5.02. The molecule has 2 aliphatic heterocycles. The summed E-state index contributed by atoms with van der Waals surface area (Å²) in [4.78, 5) is 35.4. The van der Waals surface area contributed by atoms with E-state index in [0.717, 1.165) is 57.8 Å². The molecule has 0 saturated carbocycles. The first-order valence-electron chi connectivity index (χ1n) is 17.8. The Labute approximate surface area is 290 Å². The van der Waals surface area contributed by atoms with Crippen LogP contribution < -0.4 is 0 Å². The first kappa shape index (κ1) is 43.0. The highest BCUT2D eigenvalue weighted by molar-refractivity contribution is 5.69. The SMILES string of the molecule is CC(=O)OCC1O[C@@H](C)C(O[C@@H]2OC(COC(C)=O)[C@@H](OC(=O)CCCCCCC/C=C\CCCCCCC(C)O)C(O)C2O)C(O)[C@@H]1O. The highest BCUT2D eigenvalue weighted by Gasteiger charge is 2.51. The minimum atomic E-state index is -1.74. The van der Waals surface area contributed by atoms with Crippen LogP contribution in [0.15, 0.2) is 12.2 Å². The van der Waals surface area contributed by atoms with Gasteiger partial charge in [0.15, 0.2) is 12.4 Å². The molecule has 0 spiro atoms. The molecular formula is C35H60O14. The Morgan fingerprint density at radius 2 is 1.22 bits per heavy atom. The quantitative estimate of drug-likeness (QED) is 0.0475. The highest BCUT2D eigenvalue weighted by Crippen LogP contribution is 2.31. The second kappa shape index (κ2) is 23.3. The molecule has 14 nitrogen and oxygen atoms in total. The van der Waals surface area contributed by atoms with Gasteiger partial charge in [-0.15, -0.1) is 0 Å². The van der Waals surface area contributed by atoms with E-state index in [9.17, 15) is 39.9 Å². The molecule has 5 N–H and O–H groups in total. The number of carbonyl (C=O) groups excluding carboxylic acids is 3. The van der Waals surface area contributed by atoms with Crippen LogP contribution in [0.3, 0.4) is 0 Å². The molecule has 0 aromatic rings. The fourth-order valence-corrected chi connectivity index (χ4v) is 5.87. The van der Waals surface area contributed by atoms with E-state index >= 15 is 0 Å². The first-order valence-corrected chi connectivity index (χ1v) is 17.8. The van der Waals surface area contributed by atoms with Crippen LogP contribution in [0.1, 0.15) is 111 Å². The predicted octanol–water partition coefficient (Wildman–Crippen LogP) is 2.37. The van der Waals surface area contributed by atoms with E-state index in [1.165, 1.54) is 33.6 Å². The number of aliphatic hydroxyl groups excluding tert-OH is 5. The number of carbonyl (C=O) groups is 3. The van der Waals surface area contributed by atoms with E-state index in [4.69, 9.17) is 28.4 Å². The number of aliphatic hydroxyl groups is 5. The predicted molar refractivity (Wildman–Crippen MR) is 176 cm³/mol. The summed E-state index contributed by atoms with van der Waals surface area (Å²) in [5, 5.41) is 52.3. The smallest absolute Gasteiger partial charge is 0.306 e. The van der Waals surface area contributed by atoms with Crippen molar-refractivity contribution in [2.24, 2.45) is 0 Å². The van der Waals surface area contributed by atoms with Gasteiger partial charge < -0.3 is 54.0 Å². The van der Waals surface area contributed by atoms with Crippen LogP contribution in [0.4, 0.5) is 0 Å². The second-order valence-corrected chi connectivity index (χ2v) is 13.2. The van der Waals surface area contributed by atoms with Crippen LogP contribution in [0.5, 0.6) is 0 Å². The van der Waals surface area contributed by atoms with Gasteiger partial charge in [0.05, 0.1) is 12.2 Å². The second-order valence-electron chi connectivity index (χ2n) is 13.2. The molecule has 0 aromatic heterocycles. The number of ether oxygens (including phenoxy) is 6. The molecule has 2 aliphatic rings. The van der Waals surface area contributed by atoms with Crippen LogP contribution in [-0.4, -0.2) is 124 Å². The van der Waals surface area contributed by atoms with Crippen molar-refractivity contribution >= 4 is 17.9 Å². The number of allylic oxidation sites excluding steroid dienone is 2. The van der Waals surface area contributed by atoms with Crippen LogP contribution in [0.25, 0.3) is 0 Å². The van der Waals surface area contributed by atoms with Crippen molar-refractivity contribution in [3.63, 3.8) is 0 Å². The lowest BCUT2D eigenvalue weighted by Gasteiger charge is -2.46. The van der Waals surface area contributed by atoms with E-state index in [2.05, 4.69) is 12.2 Å². The lowest BCUT2D eigenvalue weighted by atomic mass is 9.95. The molecule has 7 unspecified atom stereocenters. The topological polar surface area (TPSA) is 208 Å². The molecule has 0 amide bonds. The molecule has 0 aromatic carbocycles. The van der Waals surface area contributed by atoms with Gasteiger partial charge in [0, 0.05) is 20.3 Å². The standard InChI is InChI=1S/C35H60O14/c1-22(36)18-16-14-12-10-8-6-5-7-9-11-13-15-17-19-28(39)48-34-27(21-45-25(4)38)47-35(32(43)31(34)42)49-33-23(2)46-26(20-44-24(3)37)29(40)30(33)41/h5-6,22-23,26-27,29-36,40-43H,7-21H2,1-4H3/b6-5-/t22?,23-,26?,27?,29+,30?,31?,32?,33?,34+,35-/m0/s1. The Bertz CT molecular complexity index is 989. The van der Waals surface area contributed by atoms with Crippen molar-refractivity contribution in [2.45, 2.75) is 178 Å². The van der Waals surface area contributed by atoms with Crippen molar-refractivity contribution in [2.75, 3.05) is 13.2 Å². The van der Waals surface area contributed by atoms with E-state index in [0.29, 0.717) is 6.42 Å². The Balaban J connectivity index is 1.77. The van der Waals surface area contributed by atoms with Crippen molar-refractivity contribution in [1.29, 1.82) is 0 Å². The summed E-state index contributed by atoms with van der Waals surface area (Å²) in [5.74, 6) is -1.84. The van der Waals surface area contributed by atoms with E-state index in [1.807, 2.05) is 6.92 Å². The monoisotopic (exact) mass is 704 g/mol. The zero-order valence-corrected chi connectivity index (χ0v) is 29.5. The molecule has 0 aliphatic carbocycles. The summed E-state index contributed by atoms with van der Waals surface area (Å²) >= 11 is 0. The summed E-state index contributed by atoms with van der Waals surface area (Å²) < 4.78 is 32.7. The van der Waals surface area contributed by atoms with E-state index in [1.54, 1.807) is 0 Å². The molecule has 2 saturated heterocycles. The Morgan fingerprint density at radius 1 is 0.694 bits per heavy atom. The average Bonchev–Trinajstić information content (AvgIpc) is 3.04. The van der Waals surface area contributed by atoms with Crippen LogP contribution in [0.2, 0.25) is 0 Å². The van der Waals surface area contributed by atoms with Gasteiger partial charge in [-0.3, -0.25) is 14.4 Å². The number of hydrogen-bond acceptors (Lipinski definition) is 14. The molecule has 284 valence electrons. The molecule has 0 radical (unpaired) electrons. The Kier molecular flexibility index (Phi) is 20.5. The largest absolute Gasteiger partial charge is 0.463 e. The maximum absolute atomic E-state index is 12.7. The zero-order chi connectivity index (χ0) is 36.3. The van der Waals surface area contributed by atoms with Crippen LogP contribution >= 0.6 is 0 Å². The summed E-state index contributed by atoms with van der Waals surface area (Å²) in [6.07, 6.45) is 2.58. The lowest BCUT2D eigenvalue weighted by Crippen LogP contribution is -2.64. The van der Waals surface area contributed by atoms with Crippen molar-refractivity contribution in [1.82, 2.24) is 0 Å². The Hall–Kier alpha value is -2.17. The molecule has 11 atom stereocenters. The van der Waals surface area contributed by atoms with Crippen LogP contribution in [0, 0.1) is 0 Å². The van der Waals surface area contributed by atoms with Crippen LogP contribution in [-0.2, 0) is 42.8 Å². The fraction of sp³-hybridized carbons (Fsp3) is 0.857. The van der Waals surface area contributed by atoms with E-state index in [-0.39, 0.29) is 19.1 Å². The molecule has 2 heterocycles. The third-order valence-corrected chi connectivity index (χ3v) is 8.68. The van der Waals surface area contributed by atoms with Gasteiger partial charge >= 0.3 is 17.9 Å². The van der Waals surface area contributed by atoms with Gasteiger partial charge in [-0.1, -0.05) is 50.7 Å². The number of hydrogen-bond donors (Lipinski definition) is 5. The summed E-state index contributed by atoms with van der Waals surface area (Å²) in [7, 11) is 0. The maximum Gasteiger partial charge on any atom is 0.306 e. The maximum atomic E-state index is 12.7. The van der Waals surface area contributed by atoms with Gasteiger partial charge in [-0.05, 0) is 52.4 Å². The number of esters is 3. The number of unbranched alkanes of at least 4 members (excludes halogenated alkanes) is 9. The Morgan fingerprint density at radius 3 is 1.82 bits per heavy atom. The van der Waals surface area contributed by atoms with Crippen molar-refractivity contribution in [3.05, 3.63) is 12.2 Å². The minimum absolute atomic E-state index is 0.0895. The molecular weight excluding hydrogens is 644 g/mol. The van der Waals surface area contributed by atoms with Gasteiger partial charge in [0.2, 0.25) is 0 Å². The molecule has 2 rings (SSSR count). The highest BCUT2D eigenvalue weighted by atomic mass is 16.7. The fourth-order valence-electron chi connectivity index (χ4n) is 5.87. The lowest BCUT2D eigenvalue weighted by molar-refractivity contribution is -0.341. The van der Waals surface area contributed by atoms with Crippen molar-refractivity contribution < 1.29 is 68.3 Å². The average molecular weight is 705 g/mol. The normalized spacial score (nSPS) is 31.0. The third-order valence-electron chi connectivity index (χ3n) is 8.68. The summed E-state index contributed by atoms with van der Waals surface area (Å²) in [5.41, 5.74) is 0. The van der Waals surface area contributed by atoms with Gasteiger partial charge in [0.1, 0.15) is 55.9 Å². The van der Waals surface area contributed by atoms with Gasteiger partial charge in [-0.25, -0.2) is 0 Å². The third kappa shape index (κ3) is 16.2. The number of rotatable bonds is 22. The molecule has 14 heteroatoms. The van der Waals surface area contributed by atoms with Gasteiger partial charge in [-0.2, -0.15) is 0 Å². The molecule has 0 bridgehead atoms. The van der Waals surface area contributed by atoms with E-state index < -0.39 is 85.7 Å². The van der Waals surface area contributed by atoms with Crippen molar-refractivity contribution in [3.8, 4) is 0 Å². The summed E-state index contributed by atoms with van der Waals surface area (Å²) in [6, 6.07) is 0. The molecule has 49 heavy (non-hydrogen) atoms. The zero-order valence-electron chi connectivity index (χ0n) is 29.5. The van der Waals surface area contributed by atoms with Gasteiger partial charge in [0.25, 0.3) is 0 Å². The first-order chi connectivity index (χ1) is 23.3. The molecule has 2 fully saturated rings.